The van der Waals surface area contributed by atoms with Gasteiger partial charge < -0.3 is 0 Å². The van der Waals surface area contributed by atoms with Gasteiger partial charge in [-0.2, -0.15) is 0 Å². The molecule has 0 fully saturated rings. The highest BCUT2D eigenvalue weighted by atomic mass is 35.5. The Morgan fingerprint density at radius 2 is 1.09 bits per heavy atom. The Kier molecular flexibility index (Phi) is 6.95. The van der Waals surface area contributed by atoms with Gasteiger partial charge in [0.05, 0.1) is 10.8 Å². The molecule has 22 heavy (non-hydrogen) atoms. The highest BCUT2D eigenvalue weighted by molar-refractivity contribution is 6.40. The summed E-state index contributed by atoms with van der Waals surface area (Å²) >= 11 is 12.4. The van der Waals surface area contributed by atoms with Crippen LogP contribution in [0.5, 0.6) is 0 Å². The van der Waals surface area contributed by atoms with Crippen molar-refractivity contribution in [3.8, 4) is 0 Å². The fourth-order valence-corrected chi connectivity index (χ4v) is 2.94. The molecular formula is C19H20Cl2O. The van der Waals surface area contributed by atoms with Crippen LogP contribution in [0.25, 0.3) is 0 Å². The predicted molar refractivity (Wildman–Crippen MR) is 93.8 cm³/mol. The van der Waals surface area contributed by atoms with Crippen molar-refractivity contribution in [3.05, 3.63) is 71.8 Å². The molecule has 0 saturated heterocycles. The van der Waals surface area contributed by atoms with E-state index in [2.05, 4.69) is 0 Å². The monoisotopic (exact) mass is 334 g/mol. The van der Waals surface area contributed by atoms with E-state index in [1.807, 2.05) is 60.7 Å². The lowest BCUT2D eigenvalue weighted by Gasteiger charge is -2.13. The summed E-state index contributed by atoms with van der Waals surface area (Å²) in [6, 6.07) is 20.1. The average Bonchev–Trinajstić information content (AvgIpc) is 2.58. The second kappa shape index (κ2) is 8.97. The van der Waals surface area contributed by atoms with E-state index in [-0.39, 0.29) is 5.78 Å². The normalized spacial score (nSPS) is 13.5. The second-order valence-corrected chi connectivity index (χ2v) is 6.44. The Hall–Kier alpha value is -1.31. The van der Waals surface area contributed by atoms with Crippen LogP contribution in [-0.2, 0) is 17.6 Å². The minimum Gasteiger partial charge on any atom is -0.296 e. The summed E-state index contributed by atoms with van der Waals surface area (Å²) in [5.41, 5.74) is 2.38. The fourth-order valence-electron chi connectivity index (χ4n) is 2.36. The van der Waals surface area contributed by atoms with Gasteiger partial charge in [-0.3, -0.25) is 4.79 Å². The lowest BCUT2D eigenvalue weighted by Crippen LogP contribution is -2.25. The SMILES string of the molecule is O=C(C(Cl)CCc1ccccc1)C(Cl)CCc1ccccc1. The summed E-state index contributed by atoms with van der Waals surface area (Å²) in [5, 5.41) is -1.03. The molecule has 3 heteroatoms. The Morgan fingerprint density at radius 1 is 0.727 bits per heavy atom. The van der Waals surface area contributed by atoms with E-state index in [1.165, 1.54) is 11.1 Å². The molecule has 2 atom stereocenters. The van der Waals surface area contributed by atoms with Crippen molar-refractivity contribution in [2.75, 3.05) is 0 Å². The van der Waals surface area contributed by atoms with Crippen molar-refractivity contribution in [1.29, 1.82) is 0 Å². The van der Waals surface area contributed by atoms with Crippen LogP contribution in [0.4, 0.5) is 0 Å². The third kappa shape index (κ3) is 5.47. The van der Waals surface area contributed by atoms with Crippen LogP contribution in [0.2, 0.25) is 0 Å². The molecule has 0 radical (unpaired) electrons. The molecule has 0 heterocycles. The quantitative estimate of drug-likeness (QED) is 0.618. The molecule has 116 valence electrons. The Bertz CT molecular complexity index is 517. The molecule has 2 aromatic carbocycles. The molecule has 2 aromatic rings. The summed E-state index contributed by atoms with van der Waals surface area (Å²) < 4.78 is 0. The lowest BCUT2D eigenvalue weighted by atomic mass is 10.0. The van der Waals surface area contributed by atoms with E-state index in [0.29, 0.717) is 12.8 Å². The van der Waals surface area contributed by atoms with E-state index < -0.39 is 10.8 Å². The molecule has 2 unspecified atom stereocenters. The van der Waals surface area contributed by atoms with Gasteiger partial charge in [0.1, 0.15) is 0 Å². The number of hydrogen-bond acceptors (Lipinski definition) is 1. The molecule has 0 saturated carbocycles. The van der Waals surface area contributed by atoms with Crippen LogP contribution < -0.4 is 0 Å². The van der Waals surface area contributed by atoms with Crippen LogP contribution in [0, 0.1) is 0 Å². The minimum atomic E-state index is -0.515. The Balaban J connectivity index is 1.77. The molecule has 0 aliphatic rings. The first-order chi connectivity index (χ1) is 10.7. The number of halogens is 2. The maximum absolute atomic E-state index is 12.2. The molecular weight excluding hydrogens is 315 g/mol. The van der Waals surface area contributed by atoms with E-state index in [1.54, 1.807) is 0 Å². The van der Waals surface area contributed by atoms with Crippen molar-refractivity contribution in [2.45, 2.75) is 36.4 Å². The summed E-state index contributed by atoms with van der Waals surface area (Å²) in [6.45, 7) is 0. The fraction of sp³-hybridized carbons (Fsp3) is 0.316. The number of rotatable bonds is 8. The standard InChI is InChI=1S/C19H20Cl2O/c20-17(13-11-15-7-3-1-4-8-15)19(22)18(21)14-12-16-9-5-2-6-10-16/h1-10,17-18H,11-14H2. The van der Waals surface area contributed by atoms with Gasteiger partial charge in [0, 0.05) is 0 Å². The van der Waals surface area contributed by atoms with Gasteiger partial charge in [0.2, 0.25) is 0 Å². The first kappa shape index (κ1) is 17.1. The number of benzene rings is 2. The summed E-state index contributed by atoms with van der Waals surface area (Å²) in [4.78, 5) is 12.2. The first-order valence-corrected chi connectivity index (χ1v) is 8.44. The minimum absolute atomic E-state index is 0.0600. The van der Waals surface area contributed by atoms with E-state index in [9.17, 15) is 4.79 Å². The third-order valence-corrected chi connectivity index (χ3v) is 4.54. The van der Waals surface area contributed by atoms with Crippen LogP contribution >= 0.6 is 23.2 Å². The van der Waals surface area contributed by atoms with Gasteiger partial charge >= 0.3 is 0 Å². The highest BCUT2D eigenvalue weighted by Gasteiger charge is 2.23. The van der Waals surface area contributed by atoms with Crippen molar-refractivity contribution >= 4 is 29.0 Å². The van der Waals surface area contributed by atoms with Gasteiger partial charge in [-0.25, -0.2) is 0 Å². The molecule has 0 aromatic heterocycles. The highest BCUT2D eigenvalue weighted by Crippen LogP contribution is 2.17. The van der Waals surface area contributed by atoms with Gasteiger partial charge in [-0.05, 0) is 36.8 Å². The largest absolute Gasteiger partial charge is 0.296 e. The van der Waals surface area contributed by atoms with E-state index in [4.69, 9.17) is 23.2 Å². The molecule has 0 amide bonds. The van der Waals surface area contributed by atoms with Gasteiger partial charge in [-0.1, -0.05) is 60.7 Å². The zero-order valence-corrected chi connectivity index (χ0v) is 13.9. The smallest absolute Gasteiger partial charge is 0.168 e. The number of alkyl halides is 2. The number of ketones is 1. The number of carbonyl (C=O) groups is 1. The third-order valence-electron chi connectivity index (χ3n) is 3.68. The molecule has 0 aliphatic heterocycles. The number of Topliss-reactive ketones (excluding diaryl/α,β-unsaturated/α-hetero) is 1. The average molecular weight is 335 g/mol. The second-order valence-electron chi connectivity index (χ2n) is 5.39. The Labute approximate surface area is 142 Å². The number of hydrogen-bond donors (Lipinski definition) is 0. The first-order valence-electron chi connectivity index (χ1n) is 7.56. The van der Waals surface area contributed by atoms with Crippen molar-refractivity contribution < 1.29 is 4.79 Å². The number of carbonyl (C=O) groups excluding carboxylic acids is 1. The molecule has 2 rings (SSSR count). The maximum atomic E-state index is 12.2. The molecule has 1 nitrogen and oxygen atoms in total. The zero-order valence-electron chi connectivity index (χ0n) is 12.4. The summed E-state index contributed by atoms with van der Waals surface area (Å²) in [6.07, 6.45) is 2.84. The number of aryl methyl sites for hydroxylation is 2. The topological polar surface area (TPSA) is 17.1 Å². The van der Waals surface area contributed by atoms with Crippen molar-refractivity contribution in [3.63, 3.8) is 0 Å². The molecule has 0 spiro atoms. The summed E-state index contributed by atoms with van der Waals surface area (Å²) in [7, 11) is 0. The lowest BCUT2D eigenvalue weighted by molar-refractivity contribution is -0.118. The van der Waals surface area contributed by atoms with Crippen molar-refractivity contribution in [1.82, 2.24) is 0 Å². The molecule has 0 N–H and O–H groups in total. The maximum Gasteiger partial charge on any atom is 0.168 e. The Morgan fingerprint density at radius 3 is 1.45 bits per heavy atom. The van der Waals surface area contributed by atoms with Crippen LogP contribution in [0.1, 0.15) is 24.0 Å². The van der Waals surface area contributed by atoms with Gasteiger partial charge in [0.25, 0.3) is 0 Å². The zero-order chi connectivity index (χ0) is 15.8. The van der Waals surface area contributed by atoms with Gasteiger partial charge in [-0.15, -0.1) is 23.2 Å². The van der Waals surface area contributed by atoms with Crippen LogP contribution in [0.15, 0.2) is 60.7 Å². The predicted octanol–water partition coefficient (Wildman–Crippen LogP) is 5.04. The van der Waals surface area contributed by atoms with Crippen LogP contribution in [-0.4, -0.2) is 16.5 Å². The summed E-state index contributed by atoms with van der Waals surface area (Å²) in [5.74, 6) is -0.0600. The van der Waals surface area contributed by atoms with E-state index >= 15 is 0 Å². The van der Waals surface area contributed by atoms with Crippen LogP contribution in [0.3, 0.4) is 0 Å². The molecule has 0 aliphatic carbocycles. The molecule has 0 bridgehead atoms. The van der Waals surface area contributed by atoms with Crippen molar-refractivity contribution in [2.24, 2.45) is 0 Å². The van der Waals surface area contributed by atoms with Gasteiger partial charge in [0.15, 0.2) is 5.78 Å². The van der Waals surface area contributed by atoms with E-state index in [0.717, 1.165) is 12.8 Å².